The molecule has 4 nitrogen and oxygen atoms in total. The Morgan fingerprint density at radius 3 is 2.76 bits per heavy atom. The van der Waals surface area contributed by atoms with E-state index >= 15 is 0 Å². The number of rotatable bonds is 8. The third-order valence-corrected chi connectivity index (χ3v) is 2.95. The molecule has 1 saturated carbocycles. The Bertz CT molecular complexity index is 282. The first-order chi connectivity index (χ1) is 8.20. The topological polar surface area (TPSA) is 53.3 Å². The van der Waals surface area contributed by atoms with Gasteiger partial charge in [-0.2, -0.15) is 5.26 Å². The van der Waals surface area contributed by atoms with Crippen LogP contribution in [0.15, 0.2) is 0 Å². The summed E-state index contributed by atoms with van der Waals surface area (Å²) in [7, 11) is 0. The summed E-state index contributed by atoms with van der Waals surface area (Å²) in [6, 6.07) is 2.06. The molecule has 4 heteroatoms. The fourth-order valence-electron chi connectivity index (χ4n) is 1.84. The van der Waals surface area contributed by atoms with Crippen LogP contribution in [0.4, 0.5) is 0 Å². The van der Waals surface area contributed by atoms with Crippen LogP contribution in [0, 0.1) is 11.3 Å². The highest BCUT2D eigenvalue weighted by Crippen LogP contribution is 2.28. The third kappa shape index (κ3) is 4.74. The summed E-state index contributed by atoms with van der Waals surface area (Å²) >= 11 is 0. The number of amides is 1. The Hall–Kier alpha value is -1.08. The van der Waals surface area contributed by atoms with Gasteiger partial charge in [-0.05, 0) is 26.2 Å². The number of nitriles is 1. The highest BCUT2D eigenvalue weighted by Gasteiger charge is 2.35. The molecule has 0 aromatic heterocycles. The van der Waals surface area contributed by atoms with Gasteiger partial charge in [0.25, 0.3) is 0 Å². The van der Waals surface area contributed by atoms with Gasteiger partial charge in [0, 0.05) is 12.6 Å². The van der Waals surface area contributed by atoms with Crippen molar-refractivity contribution in [3.8, 4) is 6.07 Å². The maximum absolute atomic E-state index is 11.9. The van der Waals surface area contributed by atoms with Crippen LogP contribution in [0.3, 0.4) is 0 Å². The predicted molar refractivity (Wildman–Crippen MR) is 65.3 cm³/mol. The van der Waals surface area contributed by atoms with Crippen molar-refractivity contribution in [1.82, 2.24) is 4.90 Å². The van der Waals surface area contributed by atoms with Gasteiger partial charge >= 0.3 is 0 Å². The normalized spacial score (nSPS) is 16.3. The molecule has 96 valence electrons. The highest BCUT2D eigenvalue weighted by atomic mass is 16.5. The molecule has 1 atom stereocenters. The average Bonchev–Trinajstić information content (AvgIpc) is 3.13. The molecule has 1 aliphatic carbocycles. The lowest BCUT2D eigenvalue weighted by atomic mass is 10.3. The van der Waals surface area contributed by atoms with E-state index in [0.29, 0.717) is 6.61 Å². The van der Waals surface area contributed by atoms with Crippen LogP contribution in [-0.4, -0.2) is 36.1 Å². The van der Waals surface area contributed by atoms with E-state index in [4.69, 9.17) is 10.00 Å². The zero-order chi connectivity index (χ0) is 12.7. The van der Waals surface area contributed by atoms with E-state index < -0.39 is 0 Å². The number of ether oxygens (including phenoxy) is 1. The van der Waals surface area contributed by atoms with Crippen molar-refractivity contribution in [2.45, 2.75) is 58.0 Å². The Morgan fingerprint density at radius 1 is 1.53 bits per heavy atom. The Balaban J connectivity index is 2.26. The first-order valence-electron chi connectivity index (χ1n) is 6.49. The number of unbranched alkanes of at least 4 members (excludes halogenated alkanes) is 2. The van der Waals surface area contributed by atoms with Crippen molar-refractivity contribution in [3.05, 3.63) is 0 Å². The fourth-order valence-corrected chi connectivity index (χ4v) is 1.84. The molecule has 0 saturated heterocycles. The highest BCUT2D eigenvalue weighted by molar-refractivity contribution is 5.78. The minimum absolute atomic E-state index is 0.0435. The van der Waals surface area contributed by atoms with E-state index in [1.54, 1.807) is 11.8 Å². The van der Waals surface area contributed by atoms with Crippen LogP contribution in [-0.2, 0) is 9.53 Å². The Morgan fingerprint density at radius 2 is 2.24 bits per heavy atom. The molecule has 0 spiro atoms. The van der Waals surface area contributed by atoms with E-state index in [-0.39, 0.29) is 24.6 Å². The van der Waals surface area contributed by atoms with E-state index in [1.807, 2.05) is 0 Å². The molecule has 1 unspecified atom stereocenters. The minimum atomic E-state index is -0.339. The smallest absolute Gasteiger partial charge is 0.249 e. The molecule has 0 aromatic carbocycles. The number of carbonyl (C=O) groups excluding carboxylic acids is 1. The first-order valence-corrected chi connectivity index (χ1v) is 6.49. The summed E-state index contributed by atoms with van der Waals surface area (Å²) in [5.41, 5.74) is 0. The third-order valence-electron chi connectivity index (χ3n) is 2.95. The maximum atomic E-state index is 11.9. The molecular formula is C13H22N2O2. The SMILES string of the molecule is CCCCCOCC(=O)N(C(C)C#N)C1CC1. The van der Waals surface area contributed by atoms with Gasteiger partial charge in [0.2, 0.25) is 5.91 Å². The van der Waals surface area contributed by atoms with Crippen LogP contribution in [0.1, 0.15) is 46.0 Å². The van der Waals surface area contributed by atoms with Gasteiger partial charge in [-0.15, -0.1) is 0 Å². The summed E-state index contributed by atoms with van der Waals surface area (Å²) in [5, 5.41) is 8.89. The second-order valence-corrected chi connectivity index (χ2v) is 4.60. The summed E-state index contributed by atoms with van der Waals surface area (Å²) in [5.74, 6) is -0.0435. The minimum Gasteiger partial charge on any atom is -0.372 e. The van der Waals surface area contributed by atoms with Crippen molar-refractivity contribution in [3.63, 3.8) is 0 Å². The maximum Gasteiger partial charge on any atom is 0.249 e. The number of nitrogens with zero attached hydrogens (tertiary/aromatic N) is 2. The molecule has 0 radical (unpaired) electrons. The number of hydrogen-bond donors (Lipinski definition) is 0. The van der Waals surface area contributed by atoms with E-state index in [0.717, 1.165) is 32.1 Å². The van der Waals surface area contributed by atoms with Crippen LogP contribution < -0.4 is 0 Å². The lowest BCUT2D eigenvalue weighted by Gasteiger charge is -2.24. The lowest BCUT2D eigenvalue weighted by molar-refractivity contribution is -0.137. The second kappa shape index (κ2) is 7.29. The molecule has 1 aliphatic rings. The van der Waals surface area contributed by atoms with Crippen molar-refractivity contribution in [2.24, 2.45) is 0 Å². The van der Waals surface area contributed by atoms with Crippen molar-refractivity contribution >= 4 is 5.91 Å². The molecule has 1 amide bonds. The van der Waals surface area contributed by atoms with E-state index in [1.165, 1.54) is 0 Å². The van der Waals surface area contributed by atoms with Crippen molar-refractivity contribution < 1.29 is 9.53 Å². The first kappa shape index (κ1) is 14.0. The van der Waals surface area contributed by atoms with Gasteiger partial charge < -0.3 is 9.64 Å². The van der Waals surface area contributed by atoms with E-state index in [2.05, 4.69) is 13.0 Å². The predicted octanol–water partition coefficient (Wildman–Crippen LogP) is 2.10. The summed E-state index contributed by atoms with van der Waals surface area (Å²) < 4.78 is 5.35. The molecule has 0 heterocycles. The molecule has 1 fully saturated rings. The zero-order valence-corrected chi connectivity index (χ0v) is 10.8. The summed E-state index contributed by atoms with van der Waals surface area (Å²) in [6.07, 6.45) is 5.33. The van der Waals surface area contributed by atoms with Gasteiger partial charge in [-0.1, -0.05) is 19.8 Å². The van der Waals surface area contributed by atoms with Crippen LogP contribution in [0.5, 0.6) is 0 Å². The molecule has 0 bridgehead atoms. The molecular weight excluding hydrogens is 216 g/mol. The number of hydrogen-bond acceptors (Lipinski definition) is 3. The quantitative estimate of drug-likeness (QED) is 0.608. The van der Waals surface area contributed by atoms with Gasteiger partial charge in [-0.25, -0.2) is 0 Å². The van der Waals surface area contributed by atoms with Gasteiger partial charge in [-0.3, -0.25) is 4.79 Å². The molecule has 0 aliphatic heterocycles. The van der Waals surface area contributed by atoms with Gasteiger partial charge in [0.15, 0.2) is 0 Å². The van der Waals surface area contributed by atoms with Gasteiger partial charge in [0.05, 0.1) is 6.07 Å². The van der Waals surface area contributed by atoms with Crippen LogP contribution in [0.2, 0.25) is 0 Å². The lowest BCUT2D eigenvalue weighted by Crippen LogP contribution is -2.41. The molecule has 17 heavy (non-hydrogen) atoms. The summed E-state index contributed by atoms with van der Waals surface area (Å²) in [4.78, 5) is 13.6. The van der Waals surface area contributed by atoms with E-state index in [9.17, 15) is 4.79 Å². The number of carbonyl (C=O) groups is 1. The monoisotopic (exact) mass is 238 g/mol. The molecule has 0 aromatic rings. The van der Waals surface area contributed by atoms with Crippen molar-refractivity contribution in [1.29, 1.82) is 5.26 Å². The Kier molecular flexibility index (Phi) is 5.99. The zero-order valence-electron chi connectivity index (χ0n) is 10.8. The largest absolute Gasteiger partial charge is 0.372 e. The average molecular weight is 238 g/mol. The van der Waals surface area contributed by atoms with Crippen LogP contribution >= 0.6 is 0 Å². The van der Waals surface area contributed by atoms with Crippen LogP contribution in [0.25, 0.3) is 0 Å². The van der Waals surface area contributed by atoms with Gasteiger partial charge in [0.1, 0.15) is 12.6 Å². The second-order valence-electron chi connectivity index (χ2n) is 4.60. The molecule has 1 rings (SSSR count). The summed E-state index contributed by atoms with van der Waals surface area (Å²) in [6.45, 7) is 4.66. The van der Waals surface area contributed by atoms with Crippen molar-refractivity contribution in [2.75, 3.05) is 13.2 Å². The fraction of sp³-hybridized carbons (Fsp3) is 0.846. The molecule has 0 N–H and O–H groups in total. The Labute approximate surface area is 104 Å². The standard InChI is InChI=1S/C13H22N2O2/c1-3-4-5-8-17-10-13(16)15(11(2)9-14)12-6-7-12/h11-12H,3-8,10H2,1-2H3.